The zero-order valence-electron chi connectivity index (χ0n) is 19.4. The van der Waals surface area contributed by atoms with Gasteiger partial charge in [-0.05, 0) is 36.3 Å². The van der Waals surface area contributed by atoms with Crippen LogP contribution >= 0.6 is 0 Å². The van der Waals surface area contributed by atoms with Gasteiger partial charge in [0.1, 0.15) is 5.82 Å². The van der Waals surface area contributed by atoms with Crippen molar-refractivity contribution >= 4 is 17.8 Å². The van der Waals surface area contributed by atoms with Crippen LogP contribution in [0.4, 0.5) is 10.6 Å². The summed E-state index contributed by atoms with van der Waals surface area (Å²) >= 11 is 0. The van der Waals surface area contributed by atoms with E-state index in [9.17, 15) is 14.7 Å². The summed E-state index contributed by atoms with van der Waals surface area (Å²) in [6, 6.07) is -0.136. The molecular formula is C23H32N6O3. The fourth-order valence-electron chi connectivity index (χ4n) is 5.30. The Morgan fingerprint density at radius 2 is 2.09 bits per heavy atom. The molecule has 2 aliphatic rings. The summed E-state index contributed by atoms with van der Waals surface area (Å²) in [6.45, 7) is 8.65. The first-order chi connectivity index (χ1) is 15.0. The van der Waals surface area contributed by atoms with E-state index in [0.717, 1.165) is 42.4 Å². The lowest BCUT2D eigenvalue weighted by molar-refractivity contribution is 0.0720. The molecule has 2 amide bonds. The number of hydrogen-bond donors (Lipinski definition) is 4. The van der Waals surface area contributed by atoms with Gasteiger partial charge in [-0.2, -0.15) is 5.10 Å². The van der Waals surface area contributed by atoms with E-state index in [1.54, 1.807) is 10.9 Å². The van der Waals surface area contributed by atoms with Gasteiger partial charge >= 0.3 is 6.09 Å². The summed E-state index contributed by atoms with van der Waals surface area (Å²) in [7, 11) is 1.83. The highest BCUT2D eigenvalue weighted by Gasteiger charge is 2.50. The first kappa shape index (κ1) is 22.1. The number of rotatable bonds is 4. The molecule has 1 fully saturated rings. The third kappa shape index (κ3) is 3.59. The van der Waals surface area contributed by atoms with Crippen molar-refractivity contribution < 1.29 is 14.7 Å². The summed E-state index contributed by atoms with van der Waals surface area (Å²) in [5.41, 5.74) is 2.85. The van der Waals surface area contributed by atoms with Crippen molar-refractivity contribution in [3.8, 4) is 11.3 Å². The minimum absolute atomic E-state index is 0.129. The standard InChI is InChI=1S/C23H32N6O3/c1-13-15-11-24-20(30)17(15)18(14-10-25-29(5)12-14)27-19(13)26-16-8-6-7-9-23(16,22(2,3)4)28-21(31)32/h10,12,16,28H,6-9,11H2,1-5H3,(H,24,30)(H,26,27)(H,31,32). The van der Waals surface area contributed by atoms with Crippen LogP contribution in [0.3, 0.4) is 0 Å². The number of carbonyl (C=O) groups excluding carboxylic acids is 1. The van der Waals surface area contributed by atoms with Gasteiger partial charge in [-0.15, -0.1) is 0 Å². The number of nitrogens with one attached hydrogen (secondary N) is 3. The van der Waals surface area contributed by atoms with Gasteiger partial charge < -0.3 is 21.1 Å². The second-order valence-electron chi connectivity index (χ2n) is 9.97. The Bertz CT molecular complexity index is 1070. The summed E-state index contributed by atoms with van der Waals surface area (Å²) in [6.07, 6.45) is 6.09. The predicted octanol–water partition coefficient (Wildman–Crippen LogP) is 3.44. The lowest BCUT2D eigenvalue weighted by Crippen LogP contribution is -2.67. The molecule has 9 nitrogen and oxygen atoms in total. The Labute approximate surface area is 188 Å². The van der Waals surface area contributed by atoms with E-state index >= 15 is 0 Å². The molecule has 0 radical (unpaired) electrons. The molecule has 0 spiro atoms. The first-order valence-electron chi connectivity index (χ1n) is 11.1. The van der Waals surface area contributed by atoms with Crippen LogP contribution in [0, 0.1) is 12.3 Å². The van der Waals surface area contributed by atoms with Gasteiger partial charge in [-0.25, -0.2) is 9.78 Å². The van der Waals surface area contributed by atoms with Crippen LogP contribution in [0.2, 0.25) is 0 Å². The number of anilines is 1. The number of pyridine rings is 1. The van der Waals surface area contributed by atoms with Crippen LogP contribution in [0.1, 0.15) is 67.9 Å². The van der Waals surface area contributed by atoms with E-state index in [1.165, 1.54) is 0 Å². The highest BCUT2D eigenvalue weighted by atomic mass is 16.4. The fourth-order valence-corrected chi connectivity index (χ4v) is 5.30. The van der Waals surface area contributed by atoms with Gasteiger partial charge in [-0.3, -0.25) is 9.48 Å². The SMILES string of the molecule is Cc1c(NC2CCCCC2(NC(=O)O)C(C)(C)C)nc(-c2cnn(C)c2)c2c1CNC2=O. The van der Waals surface area contributed by atoms with Gasteiger partial charge in [0, 0.05) is 25.4 Å². The van der Waals surface area contributed by atoms with Gasteiger partial charge in [0.05, 0.1) is 29.0 Å². The number of aromatic nitrogens is 3. The molecule has 3 heterocycles. The third-order valence-corrected chi connectivity index (χ3v) is 7.09. The van der Waals surface area contributed by atoms with Crippen LogP contribution in [-0.4, -0.2) is 43.5 Å². The highest BCUT2D eigenvalue weighted by molar-refractivity contribution is 6.04. The second kappa shape index (κ2) is 7.79. The van der Waals surface area contributed by atoms with Crippen LogP contribution in [0.15, 0.2) is 12.4 Å². The van der Waals surface area contributed by atoms with Gasteiger partial charge in [0.25, 0.3) is 5.91 Å². The molecule has 4 rings (SSSR count). The zero-order chi connectivity index (χ0) is 23.3. The molecule has 2 unspecified atom stereocenters. The maximum absolute atomic E-state index is 12.6. The Morgan fingerprint density at radius 1 is 1.34 bits per heavy atom. The molecule has 32 heavy (non-hydrogen) atoms. The summed E-state index contributed by atoms with van der Waals surface area (Å²) in [5, 5.41) is 23.3. The van der Waals surface area contributed by atoms with E-state index in [-0.39, 0.29) is 17.4 Å². The van der Waals surface area contributed by atoms with Gasteiger partial charge in [0.2, 0.25) is 0 Å². The van der Waals surface area contributed by atoms with Crippen LogP contribution < -0.4 is 16.0 Å². The predicted molar refractivity (Wildman–Crippen MR) is 122 cm³/mol. The molecule has 0 aromatic carbocycles. The Morgan fingerprint density at radius 3 is 2.72 bits per heavy atom. The quantitative estimate of drug-likeness (QED) is 0.578. The summed E-state index contributed by atoms with van der Waals surface area (Å²) < 4.78 is 1.69. The number of amides is 2. The highest BCUT2D eigenvalue weighted by Crippen LogP contribution is 2.44. The summed E-state index contributed by atoms with van der Waals surface area (Å²) in [5.74, 6) is 0.557. The molecule has 9 heteroatoms. The third-order valence-electron chi connectivity index (χ3n) is 7.09. The molecule has 1 aliphatic heterocycles. The maximum Gasteiger partial charge on any atom is 0.405 e. The van der Waals surface area contributed by atoms with Crippen LogP contribution in [0.25, 0.3) is 11.3 Å². The number of carbonyl (C=O) groups is 2. The van der Waals surface area contributed by atoms with E-state index in [4.69, 9.17) is 4.98 Å². The molecular weight excluding hydrogens is 408 g/mol. The zero-order valence-corrected chi connectivity index (χ0v) is 19.4. The number of aryl methyl sites for hydroxylation is 1. The Hall–Kier alpha value is -3.10. The normalized spacial score (nSPS) is 22.9. The van der Waals surface area contributed by atoms with E-state index in [2.05, 4.69) is 41.8 Å². The van der Waals surface area contributed by atoms with E-state index in [1.807, 2.05) is 20.2 Å². The van der Waals surface area contributed by atoms with E-state index < -0.39 is 11.6 Å². The lowest BCUT2D eigenvalue weighted by Gasteiger charge is -2.52. The second-order valence-corrected chi connectivity index (χ2v) is 9.97. The van der Waals surface area contributed by atoms with Crippen LogP contribution in [-0.2, 0) is 13.6 Å². The largest absolute Gasteiger partial charge is 0.465 e. The molecule has 2 aromatic rings. The average molecular weight is 441 g/mol. The fraction of sp³-hybridized carbons (Fsp3) is 0.565. The van der Waals surface area contributed by atoms with Crippen molar-refractivity contribution in [2.24, 2.45) is 12.5 Å². The summed E-state index contributed by atoms with van der Waals surface area (Å²) in [4.78, 5) is 29.3. The van der Waals surface area contributed by atoms with E-state index in [0.29, 0.717) is 23.6 Å². The van der Waals surface area contributed by atoms with Crippen LogP contribution in [0.5, 0.6) is 0 Å². The molecule has 4 N–H and O–H groups in total. The van der Waals surface area contributed by atoms with Crippen molar-refractivity contribution in [3.05, 3.63) is 29.1 Å². The smallest absolute Gasteiger partial charge is 0.405 e. The number of carboxylic acid groups (broad SMARTS) is 1. The lowest BCUT2D eigenvalue weighted by atomic mass is 9.62. The molecule has 1 saturated carbocycles. The minimum atomic E-state index is -1.02. The molecule has 1 aliphatic carbocycles. The molecule has 0 bridgehead atoms. The van der Waals surface area contributed by atoms with Crippen molar-refractivity contribution in [3.63, 3.8) is 0 Å². The van der Waals surface area contributed by atoms with Crippen molar-refractivity contribution in [1.29, 1.82) is 0 Å². The van der Waals surface area contributed by atoms with Crippen molar-refractivity contribution in [1.82, 2.24) is 25.4 Å². The van der Waals surface area contributed by atoms with Crippen molar-refractivity contribution in [2.45, 2.75) is 71.5 Å². The van der Waals surface area contributed by atoms with Gasteiger partial charge in [-0.1, -0.05) is 33.6 Å². The Kier molecular flexibility index (Phi) is 5.38. The van der Waals surface area contributed by atoms with Gasteiger partial charge in [0.15, 0.2) is 0 Å². The molecule has 0 saturated heterocycles. The first-order valence-corrected chi connectivity index (χ1v) is 11.1. The number of nitrogens with zero attached hydrogens (tertiary/aromatic N) is 3. The Balaban J connectivity index is 1.81. The minimum Gasteiger partial charge on any atom is -0.465 e. The maximum atomic E-state index is 12.6. The molecule has 2 aromatic heterocycles. The molecule has 2 atom stereocenters. The van der Waals surface area contributed by atoms with Crippen molar-refractivity contribution in [2.75, 3.05) is 5.32 Å². The average Bonchev–Trinajstić information content (AvgIpc) is 3.30. The monoisotopic (exact) mass is 440 g/mol. The number of fused-ring (bicyclic) bond motifs is 1. The topological polar surface area (TPSA) is 121 Å². The molecule has 172 valence electrons. The number of hydrogen-bond acceptors (Lipinski definition) is 5.